The van der Waals surface area contributed by atoms with Gasteiger partial charge in [-0.25, -0.2) is 0 Å². The molecule has 0 aromatic carbocycles. The number of hydrogen-bond donors (Lipinski definition) is 1. The largest absolute Gasteiger partial charge is 0.380 e. The van der Waals surface area contributed by atoms with Gasteiger partial charge < -0.3 is 10.1 Å². The van der Waals surface area contributed by atoms with Crippen LogP contribution in [-0.2, 0) is 4.74 Å². The molecule has 0 fully saturated rings. The summed E-state index contributed by atoms with van der Waals surface area (Å²) < 4.78 is 5.32. The molecular weight excluding hydrogens is 209 g/mol. The second kappa shape index (κ2) is 7.86. The Bertz CT molecular complexity index is 118. The van der Waals surface area contributed by atoms with E-state index in [1.165, 1.54) is 0 Å². The molecule has 0 saturated heterocycles. The van der Waals surface area contributed by atoms with Crippen LogP contribution in [0.4, 0.5) is 0 Å². The zero-order valence-electron chi connectivity index (χ0n) is 8.41. The summed E-state index contributed by atoms with van der Waals surface area (Å²) in [6.45, 7) is 6.44. The van der Waals surface area contributed by atoms with Crippen LogP contribution in [0, 0.1) is 0 Å². The maximum absolute atomic E-state index is 5.76. The van der Waals surface area contributed by atoms with Gasteiger partial charge in [0.2, 0.25) is 0 Å². The molecule has 13 heavy (non-hydrogen) atoms. The third kappa shape index (κ3) is 6.55. The Morgan fingerprint density at radius 3 is 2.31 bits per heavy atom. The van der Waals surface area contributed by atoms with Gasteiger partial charge in [-0.2, -0.15) is 0 Å². The van der Waals surface area contributed by atoms with E-state index in [4.69, 9.17) is 27.9 Å². The van der Waals surface area contributed by atoms with Crippen LogP contribution in [0.3, 0.4) is 0 Å². The van der Waals surface area contributed by atoms with Gasteiger partial charge in [-0.1, -0.05) is 6.92 Å². The predicted molar refractivity (Wildman–Crippen MR) is 59.0 cm³/mol. The molecule has 0 aliphatic rings. The Hall–Kier alpha value is 0.500. The van der Waals surface area contributed by atoms with Gasteiger partial charge in [0.1, 0.15) is 0 Å². The summed E-state index contributed by atoms with van der Waals surface area (Å²) in [5.41, 5.74) is -0.168. The third-order valence-electron chi connectivity index (χ3n) is 1.74. The summed E-state index contributed by atoms with van der Waals surface area (Å²) >= 11 is 11.5. The maximum Gasteiger partial charge on any atom is 0.0591 e. The van der Waals surface area contributed by atoms with Crippen LogP contribution < -0.4 is 5.32 Å². The van der Waals surface area contributed by atoms with Crippen LogP contribution in [-0.4, -0.2) is 37.1 Å². The molecule has 2 nitrogen and oxygen atoms in total. The molecule has 0 aromatic heterocycles. The first kappa shape index (κ1) is 13.5. The Kier molecular flexibility index (Phi) is 8.17. The minimum absolute atomic E-state index is 0.168. The van der Waals surface area contributed by atoms with Crippen molar-refractivity contribution in [2.24, 2.45) is 0 Å². The van der Waals surface area contributed by atoms with Gasteiger partial charge in [0.15, 0.2) is 0 Å². The fraction of sp³-hybridized carbons (Fsp3) is 1.00. The first-order chi connectivity index (χ1) is 6.18. The molecular formula is C9H19Cl2NO. The highest BCUT2D eigenvalue weighted by Crippen LogP contribution is 2.07. The summed E-state index contributed by atoms with van der Waals surface area (Å²) in [6, 6.07) is 0. The van der Waals surface area contributed by atoms with E-state index in [0.717, 1.165) is 26.2 Å². The van der Waals surface area contributed by atoms with Crippen molar-refractivity contribution in [2.45, 2.75) is 25.8 Å². The zero-order chi connectivity index (χ0) is 10.2. The molecule has 0 unspecified atom stereocenters. The summed E-state index contributed by atoms with van der Waals surface area (Å²) in [6.07, 6.45) is 1.06. The Morgan fingerprint density at radius 1 is 1.23 bits per heavy atom. The highest BCUT2D eigenvalue weighted by molar-refractivity contribution is 6.22. The lowest BCUT2D eigenvalue weighted by molar-refractivity contribution is 0.132. The summed E-state index contributed by atoms with van der Waals surface area (Å²) in [4.78, 5) is 0. The monoisotopic (exact) mass is 227 g/mol. The molecule has 0 heterocycles. The number of nitrogens with one attached hydrogen (secondary N) is 1. The van der Waals surface area contributed by atoms with Crippen LogP contribution in [0.1, 0.15) is 20.3 Å². The first-order valence-electron chi connectivity index (χ1n) is 4.63. The van der Waals surface area contributed by atoms with Crippen LogP contribution in [0.5, 0.6) is 0 Å². The fourth-order valence-corrected chi connectivity index (χ4v) is 1.28. The molecule has 4 heteroatoms. The van der Waals surface area contributed by atoms with E-state index in [-0.39, 0.29) is 5.54 Å². The van der Waals surface area contributed by atoms with Gasteiger partial charge in [0.05, 0.1) is 6.61 Å². The smallest absolute Gasteiger partial charge is 0.0591 e. The second-order valence-corrected chi connectivity index (χ2v) is 3.90. The predicted octanol–water partition coefficient (Wildman–Crippen LogP) is 2.24. The van der Waals surface area contributed by atoms with Crippen molar-refractivity contribution < 1.29 is 4.74 Å². The molecule has 1 N–H and O–H groups in total. The molecule has 0 amide bonds. The Balaban J connectivity index is 3.39. The van der Waals surface area contributed by atoms with E-state index >= 15 is 0 Å². The van der Waals surface area contributed by atoms with Gasteiger partial charge in [0, 0.05) is 30.5 Å². The second-order valence-electron chi connectivity index (χ2n) is 3.37. The van der Waals surface area contributed by atoms with Crippen LogP contribution in [0.2, 0.25) is 0 Å². The molecule has 80 valence electrons. The van der Waals surface area contributed by atoms with Gasteiger partial charge >= 0.3 is 0 Å². The Labute approximate surface area is 90.9 Å². The van der Waals surface area contributed by atoms with Gasteiger partial charge in [-0.15, -0.1) is 23.2 Å². The average Bonchev–Trinajstić information content (AvgIpc) is 2.17. The summed E-state index contributed by atoms with van der Waals surface area (Å²) in [7, 11) is 0. The highest BCUT2D eigenvalue weighted by atomic mass is 35.5. The van der Waals surface area contributed by atoms with Gasteiger partial charge in [-0.3, -0.25) is 0 Å². The van der Waals surface area contributed by atoms with E-state index in [9.17, 15) is 0 Å². The van der Waals surface area contributed by atoms with Crippen molar-refractivity contribution >= 4 is 23.2 Å². The van der Waals surface area contributed by atoms with E-state index in [2.05, 4.69) is 12.2 Å². The van der Waals surface area contributed by atoms with Crippen molar-refractivity contribution in [3.8, 4) is 0 Å². The van der Waals surface area contributed by atoms with Crippen molar-refractivity contribution in [1.82, 2.24) is 5.32 Å². The summed E-state index contributed by atoms with van der Waals surface area (Å²) in [5.74, 6) is 1.04. The van der Waals surface area contributed by atoms with Crippen molar-refractivity contribution in [2.75, 3.05) is 31.5 Å². The van der Waals surface area contributed by atoms with Crippen LogP contribution in [0.15, 0.2) is 0 Å². The molecule has 0 atom stereocenters. The third-order valence-corrected chi connectivity index (χ3v) is 2.92. The molecule has 0 bridgehead atoms. The number of hydrogen-bond acceptors (Lipinski definition) is 2. The van der Waals surface area contributed by atoms with E-state index < -0.39 is 0 Å². The van der Waals surface area contributed by atoms with E-state index in [0.29, 0.717) is 11.8 Å². The maximum atomic E-state index is 5.76. The topological polar surface area (TPSA) is 21.3 Å². The molecule has 0 aromatic rings. The van der Waals surface area contributed by atoms with Crippen LogP contribution in [0.25, 0.3) is 0 Å². The molecule has 0 aliphatic carbocycles. The lowest BCUT2D eigenvalue weighted by Gasteiger charge is -2.25. The van der Waals surface area contributed by atoms with Crippen molar-refractivity contribution in [1.29, 1.82) is 0 Å². The van der Waals surface area contributed by atoms with Crippen molar-refractivity contribution in [3.05, 3.63) is 0 Å². The summed E-state index contributed by atoms with van der Waals surface area (Å²) in [5, 5.41) is 3.27. The molecule has 0 saturated carbocycles. The molecule has 0 aliphatic heterocycles. The van der Waals surface area contributed by atoms with E-state index in [1.54, 1.807) is 0 Å². The number of rotatable bonds is 8. The normalized spacial score (nSPS) is 12.0. The zero-order valence-corrected chi connectivity index (χ0v) is 9.92. The number of ether oxygens (including phenoxy) is 1. The SMILES string of the molecule is CCCOCCNC(C)(CCl)CCl. The average molecular weight is 228 g/mol. The highest BCUT2D eigenvalue weighted by Gasteiger charge is 2.20. The lowest BCUT2D eigenvalue weighted by atomic mass is 10.1. The first-order valence-corrected chi connectivity index (χ1v) is 5.70. The fourth-order valence-electron chi connectivity index (χ4n) is 0.802. The molecule has 0 spiro atoms. The van der Waals surface area contributed by atoms with Gasteiger partial charge in [-0.05, 0) is 13.3 Å². The van der Waals surface area contributed by atoms with Crippen LogP contribution >= 0.6 is 23.2 Å². The standard InChI is InChI=1S/C9H19Cl2NO/c1-3-5-13-6-4-12-9(2,7-10)8-11/h12H,3-8H2,1-2H3. The number of alkyl halides is 2. The van der Waals surface area contributed by atoms with Gasteiger partial charge in [0.25, 0.3) is 0 Å². The number of halogens is 2. The molecule has 0 radical (unpaired) electrons. The quantitative estimate of drug-likeness (QED) is 0.508. The minimum Gasteiger partial charge on any atom is -0.380 e. The van der Waals surface area contributed by atoms with Crippen molar-refractivity contribution in [3.63, 3.8) is 0 Å². The molecule has 0 rings (SSSR count). The van der Waals surface area contributed by atoms with E-state index in [1.807, 2.05) is 6.92 Å². The minimum atomic E-state index is -0.168. The lowest BCUT2D eigenvalue weighted by Crippen LogP contribution is -2.47. The Morgan fingerprint density at radius 2 is 1.85 bits per heavy atom.